The largest absolute Gasteiger partial charge is 0.508 e. The van der Waals surface area contributed by atoms with Gasteiger partial charge in [0.2, 0.25) is 0 Å². The van der Waals surface area contributed by atoms with Crippen molar-refractivity contribution in [3.63, 3.8) is 0 Å². The number of carbonyl (C=O) groups excluding carboxylic acids is 1. The number of rotatable bonds is 3. The maximum Gasteiger partial charge on any atom is 0.161 e. The Morgan fingerprint density at radius 2 is 2.04 bits per heavy atom. The van der Waals surface area contributed by atoms with Crippen LogP contribution in [-0.4, -0.2) is 42.5 Å². The molecule has 2 aromatic carbocycles. The van der Waals surface area contributed by atoms with Crippen LogP contribution in [0.5, 0.6) is 11.5 Å². The van der Waals surface area contributed by atoms with Crippen LogP contribution in [0.25, 0.3) is 6.08 Å². The van der Waals surface area contributed by atoms with Crippen LogP contribution < -0.4 is 4.74 Å². The minimum atomic E-state index is -0.182. The number of nitrogens with zero attached hydrogens (tertiary/aromatic N) is 1. The first-order valence-electron chi connectivity index (χ1n) is 9.39. The quantitative estimate of drug-likeness (QED) is 0.843. The summed E-state index contributed by atoms with van der Waals surface area (Å²) in [5, 5.41) is 9.93. The molecule has 2 bridgehead atoms. The summed E-state index contributed by atoms with van der Waals surface area (Å²) in [6.45, 7) is 0.934. The molecule has 0 amide bonds. The van der Waals surface area contributed by atoms with Gasteiger partial charge in [0, 0.05) is 23.5 Å². The molecule has 27 heavy (non-hydrogen) atoms. The predicted molar refractivity (Wildman–Crippen MR) is 106 cm³/mol. The number of carbonyl (C=O) groups is 1. The van der Waals surface area contributed by atoms with Crippen LogP contribution in [0, 0.1) is 0 Å². The number of likely N-dealkylation sites (N-methyl/N-ethyl adjacent to an activating group) is 1. The molecule has 2 aliphatic rings. The van der Waals surface area contributed by atoms with Gasteiger partial charge in [-0.3, -0.25) is 9.69 Å². The van der Waals surface area contributed by atoms with E-state index in [0.717, 1.165) is 41.8 Å². The molecule has 2 aromatic rings. The molecular formula is C23H25NO3. The molecule has 4 nitrogen and oxygen atoms in total. The van der Waals surface area contributed by atoms with Gasteiger partial charge in [-0.05, 0) is 67.9 Å². The molecule has 0 radical (unpaired) electrons. The van der Waals surface area contributed by atoms with Crippen LogP contribution >= 0.6 is 0 Å². The molecule has 1 aliphatic heterocycles. The van der Waals surface area contributed by atoms with Gasteiger partial charge in [0.25, 0.3) is 0 Å². The summed E-state index contributed by atoms with van der Waals surface area (Å²) >= 11 is 0. The smallest absolute Gasteiger partial charge is 0.161 e. The third kappa shape index (κ3) is 3.26. The number of ketones is 1. The first-order chi connectivity index (χ1) is 13.0. The van der Waals surface area contributed by atoms with E-state index in [9.17, 15) is 9.90 Å². The van der Waals surface area contributed by atoms with E-state index in [2.05, 4.69) is 11.9 Å². The number of hydrogen-bond acceptors (Lipinski definition) is 4. The molecule has 4 heteroatoms. The zero-order chi connectivity index (χ0) is 19.0. The number of likely N-dealkylation sites (tertiary alicyclic amines) is 1. The van der Waals surface area contributed by atoms with Gasteiger partial charge in [0.15, 0.2) is 5.78 Å². The Kier molecular flexibility index (Phi) is 4.52. The molecule has 0 spiro atoms. The number of piperidine rings is 1. The topological polar surface area (TPSA) is 49.8 Å². The highest BCUT2D eigenvalue weighted by Gasteiger charge is 2.48. The number of phenols is 1. The predicted octanol–water partition coefficient (Wildman–Crippen LogP) is 3.79. The summed E-state index contributed by atoms with van der Waals surface area (Å²) in [6.07, 6.45) is 4.34. The number of Topliss-reactive ketones (excluding diaryl/α,β-unsaturated/α-hetero) is 1. The average Bonchev–Trinajstić information content (AvgIpc) is 2.68. The summed E-state index contributed by atoms with van der Waals surface area (Å²) in [5.74, 6) is 1.25. The first-order valence-corrected chi connectivity index (χ1v) is 9.39. The Morgan fingerprint density at radius 3 is 2.81 bits per heavy atom. The fourth-order valence-corrected chi connectivity index (χ4v) is 4.56. The van der Waals surface area contributed by atoms with Crippen molar-refractivity contribution in [3.8, 4) is 11.5 Å². The van der Waals surface area contributed by atoms with Gasteiger partial charge in [-0.1, -0.05) is 24.3 Å². The minimum Gasteiger partial charge on any atom is -0.508 e. The van der Waals surface area contributed by atoms with E-state index >= 15 is 0 Å². The molecule has 2 atom stereocenters. The van der Waals surface area contributed by atoms with E-state index in [0.29, 0.717) is 6.42 Å². The number of methoxy groups -OCH3 is 1. The van der Waals surface area contributed by atoms with Crippen LogP contribution in [-0.2, 0) is 10.2 Å². The Balaban J connectivity index is 1.72. The SMILES string of the molecule is COc1cccc(/C=C2/C(=O)C[C@@]3(c4cccc(O)c4)CCN(C)[C@@H]2C3)c1. The number of fused-ring (bicyclic) bond motifs is 2. The van der Waals surface area contributed by atoms with Crippen LogP contribution in [0.1, 0.15) is 30.4 Å². The van der Waals surface area contributed by atoms with Crippen molar-refractivity contribution in [2.45, 2.75) is 30.7 Å². The lowest BCUT2D eigenvalue weighted by Crippen LogP contribution is -2.53. The summed E-state index contributed by atoms with van der Waals surface area (Å²) in [6, 6.07) is 15.3. The van der Waals surface area contributed by atoms with Gasteiger partial charge in [0.05, 0.1) is 7.11 Å². The Labute approximate surface area is 160 Å². The highest BCUT2D eigenvalue weighted by atomic mass is 16.5. The lowest BCUT2D eigenvalue weighted by atomic mass is 9.61. The van der Waals surface area contributed by atoms with Crippen molar-refractivity contribution < 1.29 is 14.6 Å². The van der Waals surface area contributed by atoms with Gasteiger partial charge in [-0.25, -0.2) is 0 Å². The van der Waals surface area contributed by atoms with Crippen LogP contribution in [0.2, 0.25) is 0 Å². The standard InChI is InChI=1S/C23H25NO3/c1-24-10-9-23(17-6-4-7-18(25)13-17)14-21(24)20(22(26)15-23)12-16-5-3-8-19(11-16)27-2/h3-8,11-13,21,25H,9-10,14-15H2,1-2H3/b20-12+/t21-,23-/m1/s1. The maximum atomic E-state index is 13.2. The number of aromatic hydroxyl groups is 1. The molecule has 1 saturated carbocycles. The van der Waals surface area contributed by atoms with E-state index in [1.807, 2.05) is 48.5 Å². The molecular weight excluding hydrogens is 338 g/mol. The van der Waals surface area contributed by atoms with E-state index in [4.69, 9.17) is 4.74 Å². The van der Waals surface area contributed by atoms with E-state index in [1.165, 1.54) is 0 Å². The highest BCUT2D eigenvalue weighted by Crippen LogP contribution is 2.48. The van der Waals surface area contributed by atoms with Crippen LogP contribution in [0.15, 0.2) is 54.1 Å². The second-order valence-corrected chi connectivity index (χ2v) is 7.76. The van der Waals surface area contributed by atoms with Crippen molar-refractivity contribution in [1.82, 2.24) is 4.90 Å². The lowest BCUT2D eigenvalue weighted by molar-refractivity contribution is -0.120. The van der Waals surface area contributed by atoms with Crippen molar-refractivity contribution >= 4 is 11.9 Å². The first kappa shape index (κ1) is 17.8. The molecule has 0 aromatic heterocycles. The third-order valence-electron chi connectivity index (χ3n) is 6.11. The summed E-state index contributed by atoms with van der Waals surface area (Å²) in [5.41, 5.74) is 2.76. The minimum absolute atomic E-state index is 0.0912. The van der Waals surface area contributed by atoms with Crippen LogP contribution in [0.3, 0.4) is 0 Å². The van der Waals surface area contributed by atoms with Gasteiger partial charge < -0.3 is 9.84 Å². The Hall–Kier alpha value is -2.59. The normalized spacial score (nSPS) is 27.0. The van der Waals surface area contributed by atoms with E-state index < -0.39 is 0 Å². The second kappa shape index (κ2) is 6.86. The third-order valence-corrected chi connectivity index (χ3v) is 6.11. The van der Waals surface area contributed by atoms with Gasteiger partial charge in [-0.2, -0.15) is 0 Å². The zero-order valence-corrected chi connectivity index (χ0v) is 15.8. The maximum absolute atomic E-state index is 13.2. The average molecular weight is 363 g/mol. The van der Waals surface area contributed by atoms with Gasteiger partial charge in [0.1, 0.15) is 11.5 Å². The Morgan fingerprint density at radius 1 is 1.22 bits per heavy atom. The molecule has 1 heterocycles. The number of ether oxygens (including phenoxy) is 1. The number of phenolic OH excluding ortho intramolecular Hbond substituents is 1. The lowest BCUT2D eigenvalue weighted by Gasteiger charge is -2.50. The molecule has 140 valence electrons. The Bertz CT molecular complexity index is 904. The number of benzene rings is 2. The fourth-order valence-electron chi connectivity index (χ4n) is 4.56. The summed E-state index contributed by atoms with van der Waals surface area (Å²) in [7, 11) is 3.74. The molecule has 2 fully saturated rings. The molecule has 0 unspecified atom stereocenters. The summed E-state index contributed by atoms with van der Waals surface area (Å²) < 4.78 is 5.31. The van der Waals surface area contributed by atoms with Crippen molar-refractivity contribution in [2.75, 3.05) is 20.7 Å². The monoisotopic (exact) mass is 363 g/mol. The van der Waals surface area contributed by atoms with Crippen molar-refractivity contribution in [2.24, 2.45) is 0 Å². The van der Waals surface area contributed by atoms with Crippen molar-refractivity contribution in [1.29, 1.82) is 0 Å². The molecule has 1 N–H and O–H groups in total. The molecule has 4 rings (SSSR count). The number of hydrogen-bond donors (Lipinski definition) is 1. The fraction of sp³-hybridized carbons (Fsp3) is 0.348. The van der Waals surface area contributed by atoms with Crippen molar-refractivity contribution in [3.05, 3.63) is 65.2 Å². The molecule has 1 saturated heterocycles. The summed E-state index contributed by atoms with van der Waals surface area (Å²) in [4.78, 5) is 15.5. The second-order valence-electron chi connectivity index (χ2n) is 7.76. The zero-order valence-electron chi connectivity index (χ0n) is 15.8. The van der Waals surface area contributed by atoms with Gasteiger partial charge in [-0.15, -0.1) is 0 Å². The highest BCUT2D eigenvalue weighted by molar-refractivity contribution is 6.02. The van der Waals surface area contributed by atoms with E-state index in [1.54, 1.807) is 13.2 Å². The van der Waals surface area contributed by atoms with E-state index in [-0.39, 0.29) is 23.0 Å². The molecule has 1 aliphatic carbocycles. The van der Waals surface area contributed by atoms with Crippen LogP contribution in [0.4, 0.5) is 0 Å². The van der Waals surface area contributed by atoms with Gasteiger partial charge >= 0.3 is 0 Å².